The van der Waals surface area contributed by atoms with E-state index in [4.69, 9.17) is 10.00 Å². The van der Waals surface area contributed by atoms with Crippen molar-refractivity contribution in [2.45, 2.75) is 6.92 Å². The Labute approximate surface area is 146 Å². The second kappa shape index (κ2) is 7.33. The topological polar surface area (TPSA) is 62.1 Å². The van der Waals surface area contributed by atoms with Crippen molar-refractivity contribution in [3.63, 3.8) is 0 Å². The van der Waals surface area contributed by atoms with Crippen LogP contribution in [0, 0.1) is 18.3 Å². The van der Waals surface area contributed by atoms with Gasteiger partial charge in [0, 0.05) is 11.3 Å². The van der Waals surface area contributed by atoms with Gasteiger partial charge in [-0.2, -0.15) is 5.26 Å². The first-order valence-electron chi connectivity index (χ1n) is 7.81. The Kier molecular flexibility index (Phi) is 4.77. The smallest absolute Gasteiger partial charge is 0.255 e. The molecule has 122 valence electrons. The van der Waals surface area contributed by atoms with Gasteiger partial charge in [-0.25, -0.2) is 0 Å². The molecule has 0 atom stereocenters. The molecule has 0 heterocycles. The number of nitrogens with one attached hydrogen (secondary N) is 1. The highest BCUT2D eigenvalue weighted by atomic mass is 16.5. The number of anilines is 1. The van der Waals surface area contributed by atoms with Gasteiger partial charge in [0.05, 0.1) is 11.6 Å². The molecular weight excluding hydrogens is 312 g/mol. The van der Waals surface area contributed by atoms with Crippen molar-refractivity contribution < 1.29 is 9.53 Å². The van der Waals surface area contributed by atoms with Crippen LogP contribution in [0.4, 0.5) is 5.69 Å². The fourth-order valence-corrected chi connectivity index (χ4v) is 2.32. The second-order valence-electron chi connectivity index (χ2n) is 5.53. The summed E-state index contributed by atoms with van der Waals surface area (Å²) in [5.74, 6) is 1.09. The minimum atomic E-state index is -0.167. The highest BCUT2D eigenvalue weighted by Crippen LogP contribution is 2.22. The van der Waals surface area contributed by atoms with Crippen molar-refractivity contribution in [2.24, 2.45) is 0 Å². The third-order valence-corrected chi connectivity index (χ3v) is 3.73. The first-order valence-corrected chi connectivity index (χ1v) is 7.81. The van der Waals surface area contributed by atoms with Crippen molar-refractivity contribution in [1.29, 1.82) is 5.26 Å². The zero-order valence-corrected chi connectivity index (χ0v) is 13.7. The van der Waals surface area contributed by atoms with E-state index in [9.17, 15) is 4.79 Å². The zero-order chi connectivity index (χ0) is 17.6. The van der Waals surface area contributed by atoms with Crippen molar-refractivity contribution in [1.82, 2.24) is 0 Å². The molecular formula is C21H16N2O2. The number of carbonyl (C=O) groups is 1. The number of nitrogens with zero attached hydrogens (tertiary/aromatic N) is 1. The summed E-state index contributed by atoms with van der Waals surface area (Å²) in [7, 11) is 0. The van der Waals surface area contributed by atoms with Gasteiger partial charge in [0.1, 0.15) is 11.5 Å². The molecule has 3 aromatic rings. The van der Waals surface area contributed by atoms with Gasteiger partial charge in [0.15, 0.2) is 0 Å². The van der Waals surface area contributed by atoms with Crippen LogP contribution in [-0.4, -0.2) is 5.91 Å². The van der Waals surface area contributed by atoms with Crippen molar-refractivity contribution in [3.05, 3.63) is 89.5 Å². The molecule has 3 aromatic carbocycles. The van der Waals surface area contributed by atoms with E-state index in [1.54, 1.807) is 48.5 Å². The number of benzene rings is 3. The van der Waals surface area contributed by atoms with Gasteiger partial charge in [-0.3, -0.25) is 4.79 Å². The fraction of sp³-hybridized carbons (Fsp3) is 0.0476. The molecule has 4 heteroatoms. The lowest BCUT2D eigenvalue weighted by molar-refractivity contribution is 0.102. The van der Waals surface area contributed by atoms with Crippen LogP contribution in [0.5, 0.6) is 11.5 Å². The third-order valence-electron chi connectivity index (χ3n) is 3.73. The van der Waals surface area contributed by atoms with Gasteiger partial charge in [-0.05, 0) is 67.1 Å². The number of nitriles is 1. The Balaban J connectivity index is 1.68. The van der Waals surface area contributed by atoms with Gasteiger partial charge < -0.3 is 10.1 Å². The molecule has 0 aliphatic carbocycles. The Bertz CT molecular complexity index is 923. The van der Waals surface area contributed by atoms with Crippen LogP contribution < -0.4 is 10.1 Å². The Morgan fingerprint density at radius 1 is 0.920 bits per heavy atom. The summed E-state index contributed by atoms with van der Waals surface area (Å²) >= 11 is 0. The molecule has 0 fully saturated rings. The van der Waals surface area contributed by atoms with Crippen molar-refractivity contribution in [2.75, 3.05) is 5.32 Å². The van der Waals surface area contributed by atoms with Crippen LogP contribution >= 0.6 is 0 Å². The molecule has 1 amide bonds. The average molecular weight is 328 g/mol. The van der Waals surface area contributed by atoms with Gasteiger partial charge in [0.25, 0.3) is 5.91 Å². The van der Waals surface area contributed by atoms with E-state index in [0.29, 0.717) is 22.6 Å². The standard InChI is InChI=1S/C21H16N2O2/c1-15-4-2-3-5-20(15)23-21(24)17-8-12-19(13-9-17)25-18-10-6-16(14-22)7-11-18/h2-13H,1H3,(H,23,24). The monoisotopic (exact) mass is 328 g/mol. The molecule has 3 rings (SSSR count). The predicted octanol–water partition coefficient (Wildman–Crippen LogP) is 4.91. The van der Waals surface area contributed by atoms with E-state index in [2.05, 4.69) is 11.4 Å². The number of hydrogen-bond donors (Lipinski definition) is 1. The van der Waals surface area contributed by atoms with Gasteiger partial charge in [-0.15, -0.1) is 0 Å². The summed E-state index contributed by atoms with van der Waals surface area (Å²) in [4.78, 5) is 12.3. The van der Waals surface area contributed by atoms with Crippen LogP contribution in [0.1, 0.15) is 21.5 Å². The number of amides is 1. The second-order valence-corrected chi connectivity index (χ2v) is 5.53. The SMILES string of the molecule is Cc1ccccc1NC(=O)c1ccc(Oc2ccc(C#N)cc2)cc1. The maximum Gasteiger partial charge on any atom is 0.255 e. The third kappa shape index (κ3) is 4.04. The van der Waals surface area contributed by atoms with Gasteiger partial charge in [0.2, 0.25) is 0 Å². The summed E-state index contributed by atoms with van der Waals surface area (Å²) in [5.41, 5.74) is 2.94. The number of para-hydroxylation sites is 1. The summed E-state index contributed by atoms with van der Waals surface area (Å²) in [6.07, 6.45) is 0. The highest BCUT2D eigenvalue weighted by molar-refractivity contribution is 6.04. The first kappa shape index (κ1) is 16.3. The lowest BCUT2D eigenvalue weighted by atomic mass is 10.1. The number of ether oxygens (including phenoxy) is 1. The normalized spacial score (nSPS) is 9.92. The summed E-state index contributed by atoms with van der Waals surface area (Å²) < 4.78 is 5.71. The fourth-order valence-electron chi connectivity index (χ4n) is 2.32. The quantitative estimate of drug-likeness (QED) is 0.740. The average Bonchev–Trinajstić information content (AvgIpc) is 2.65. The summed E-state index contributed by atoms with van der Waals surface area (Å²) in [5, 5.41) is 11.7. The van der Waals surface area contributed by atoms with Crippen LogP contribution in [0.3, 0.4) is 0 Å². The van der Waals surface area contributed by atoms with E-state index < -0.39 is 0 Å². The Morgan fingerprint density at radius 3 is 2.12 bits per heavy atom. The molecule has 0 saturated carbocycles. The van der Waals surface area contributed by atoms with Gasteiger partial charge >= 0.3 is 0 Å². The van der Waals surface area contributed by atoms with E-state index >= 15 is 0 Å². The maximum atomic E-state index is 12.3. The van der Waals surface area contributed by atoms with Crippen molar-refractivity contribution in [3.8, 4) is 17.6 Å². The highest BCUT2D eigenvalue weighted by Gasteiger charge is 2.08. The molecule has 0 bridgehead atoms. The zero-order valence-electron chi connectivity index (χ0n) is 13.7. The number of rotatable bonds is 4. The number of aryl methyl sites for hydroxylation is 1. The molecule has 0 aromatic heterocycles. The predicted molar refractivity (Wildman–Crippen MR) is 96.8 cm³/mol. The minimum absolute atomic E-state index is 0.167. The van der Waals surface area contributed by atoms with Crippen LogP contribution in [0.2, 0.25) is 0 Å². The molecule has 0 spiro atoms. The molecule has 0 aliphatic heterocycles. The lowest BCUT2D eigenvalue weighted by Crippen LogP contribution is -2.12. The first-order chi connectivity index (χ1) is 12.2. The molecule has 25 heavy (non-hydrogen) atoms. The lowest BCUT2D eigenvalue weighted by Gasteiger charge is -2.09. The molecule has 1 N–H and O–H groups in total. The molecule has 4 nitrogen and oxygen atoms in total. The molecule has 0 unspecified atom stereocenters. The number of carbonyl (C=O) groups excluding carboxylic acids is 1. The molecule has 0 radical (unpaired) electrons. The van der Waals surface area contributed by atoms with E-state index in [1.807, 2.05) is 31.2 Å². The van der Waals surface area contributed by atoms with E-state index in [-0.39, 0.29) is 5.91 Å². The molecule has 0 aliphatic rings. The van der Waals surface area contributed by atoms with Crippen molar-refractivity contribution >= 4 is 11.6 Å². The Hall–Kier alpha value is -3.58. The summed E-state index contributed by atoms with van der Waals surface area (Å²) in [6.45, 7) is 1.95. The van der Waals surface area contributed by atoms with E-state index in [1.165, 1.54) is 0 Å². The largest absolute Gasteiger partial charge is 0.457 e. The van der Waals surface area contributed by atoms with Crippen LogP contribution in [-0.2, 0) is 0 Å². The molecule has 0 saturated heterocycles. The number of hydrogen-bond acceptors (Lipinski definition) is 3. The van der Waals surface area contributed by atoms with E-state index in [0.717, 1.165) is 11.3 Å². The maximum absolute atomic E-state index is 12.3. The summed E-state index contributed by atoms with van der Waals surface area (Å²) in [6, 6.07) is 23.5. The van der Waals surface area contributed by atoms with Gasteiger partial charge in [-0.1, -0.05) is 18.2 Å². The van der Waals surface area contributed by atoms with Crippen LogP contribution in [0.15, 0.2) is 72.8 Å². The minimum Gasteiger partial charge on any atom is -0.457 e. The Morgan fingerprint density at radius 2 is 1.52 bits per heavy atom. The van der Waals surface area contributed by atoms with Crippen LogP contribution in [0.25, 0.3) is 0 Å².